The molecule has 0 unspecified atom stereocenters. The summed E-state index contributed by atoms with van der Waals surface area (Å²) in [5.74, 6) is 0.614. The number of halogens is 1. The number of nitro groups is 1. The van der Waals surface area contributed by atoms with Crippen LogP contribution in [0.5, 0.6) is 11.5 Å². The lowest BCUT2D eigenvalue weighted by Crippen LogP contribution is -1.96. The van der Waals surface area contributed by atoms with Gasteiger partial charge in [-0.3, -0.25) is 14.9 Å². The van der Waals surface area contributed by atoms with Gasteiger partial charge in [-0.2, -0.15) is 0 Å². The van der Waals surface area contributed by atoms with Gasteiger partial charge in [-0.25, -0.2) is 0 Å². The number of carbonyl (C=O) groups is 1. The molecule has 5 nitrogen and oxygen atoms in total. The van der Waals surface area contributed by atoms with Crippen molar-refractivity contribution >= 4 is 27.9 Å². The van der Waals surface area contributed by atoms with E-state index in [1.54, 1.807) is 6.07 Å². The zero-order chi connectivity index (χ0) is 14.7. The standard InChI is InChI=1S/C14H10BrNO4/c1-9-2-4-11(15)7-14(9)20-13-5-3-10(8-17)6-12(13)16(18)19/h2-8H,1H3. The molecule has 0 bridgehead atoms. The van der Waals surface area contributed by atoms with Crippen molar-refractivity contribution in [2.45, 2.75) is 6.92 Å². The summed E-state index contributed by atoms with van der Waals surface area (Å²) in [6.07, 6.45) is 0.557. The van der Waals surface area contributed by atoms with E-state index in [0.29, 0.717) is 12.0 Å². The number of nitro benzene ring substituents is 1. The fourth-order valence-electron chi connectivity index (χ4n) is 1.64. The average molecular weight is 336 g/mol. The first kappa shape index (κ1) is 14.2. The van der Waals surface area contributed by atoms with E-state index >= 15 is 0 Å². The van der Waals surface area contributed by atoms with E-state index in [-0.39, 0.29) is 17.0 Å². The molecule has 0 aromatic heterocycles. The molecule has 2 aromatic rings. The molecule has 0 N–H and O–H groups in total. The molecule has 0 radical (unpaired) electrons. The number of ether oxygens (including phenoxy) is 1. The minimum Gasteiger partial charge on any atom is -0.450 e. The number of hydrogen-bond acceptors (Lipinski definition) is 4. The summed E-state index contributed by atoms with van der Waals surface area (Å²) < 4.78 is 6.40. The fraction of sp³-hybridized carbons (Fsp3) is 0.0714. The minimum absolute atomic E-state index is 0.0989. The summed E-state index contributed by atoms with van der Waals surface area (Å²) in [4.78, 5) is 21.1. The summed E-state index contributed by atoms with van der Waals surface area (Å²) >= 11 is 3.32. The third-order valence-corrected chi connectivity index (χ3v) is 3.18. The van der Waals surface area contributed by atoms with Crippen molar-refractivity contribution in [3.8, 4) is 11.5 Å². The Morgan fingerprint density at radius 3 is 2.60 bits per heavy atom. The number of aryl methyl sites for hydroxylation is 1. The molecule has 0 aliphatic heterocycles. The fourth-order valence-corrected chi connectivity index (χ4v) is 1.98. The van der Waals surface area contributed by atoms with Gasteiger partial charge in [0.2, 0.25) is 5.75 Å². The molecule has 102 valence electrons. The van der Waals surface area contributed by atoms with Crippen LogP contribution >= 0.6 is 15.9 Å². The number of benzene rings is 2. The van der Waals surface area contributed by atoms with Crippen LogP contribution < -0.4 is 4.74 Å². The van der Waals surface area contributed by atoms with E-state index in [1.807, 2.05) is 19.1 Å². The molecule has 0 saturated heterocycles. The van der Waals surface area contributed by atoms with E-state index < -0.39 is 4.92 Å². The van der Waals surface area contributed by atoms with Gasteiger partial charge in [-0.15, -0.1) is 0 Å². The number of hydrogen-bond donors (Lipinski definition) is 0. The molecule has 0 amide bonds. The Labute approximate surface area is 123 Å². The van der Waals surface area contributed by atoms with Gasteiger partial charge in [0.05, 0.1) is 4.92 Å². The lowest BCUT2D eigenvalue weighted by Gasteiger charge is -2.09. The Bertz CT molecular complexity index is 685. The van der Waals surface area contributed by atoms with Crippen LogP contribution in [0, 0.1) is 17.0 Å². The smallest absolute Gasteiger partial charge is 0.312 e. The van der Waals surface area contributed by atoms with E-state index in [4.69, 9.17) is 4.74 Å². The zero-order valence-corrected chi connectivity index (χ0v) is 12.1. The van der Waals surface area contributed by atoms with Crippen molar-refractivity contribution in [1.29, 1.82) is 0 Å². The molecule has 0 saturated carbocycles. The first-order valence-corrected chi connectivity index (χ1v) is 6.48. The van der Waals surface area contributed by atoms with Crippen molar-refractivity contribution < 1.29 is 14.5 Å². The molecule has 0 atom stereocenters. The molecule has 20 heavy (non-hydrogen) atoms. The van der Waals surface area contributed by atoms with Crippen LogP contribution in [0.15, 0.2) is 40.9 Å². The SMILES string of the molecule is Cc1ccc(Br)cc1Oc1ccc(C=O)cc1[N+](=O)[O-]. The van der Waals surface area contributed by atoms with Gasteiger partial charge in [0, 0.05) is 16.1 Å². The van der Waals surface area contributed by atoms with Crippen LogP contribution in [0.2, 0.25) is 0 Å². The van der Waals surface area contributed by atoms with Crippen molar-refractivity contribution in [3.63, 3.8) is 0 Å². The molecule has 0 aliphatic carbocycles. The lowest BCUT2D eigenvalue weighted by atomic mass is 10.2. The van der Waals surface area contributed by atoms with E-state index in [1.165, 1.54) is 18.2 Å². The first-order chi connectivity index (χ1) is 9.51. The zero-order valence-electron chi connectivity index (χ0n) is 10.5. The van der Waals surface area contributed by atoms with Crippen LogP contribution in [-0.4, -0.2) is 11.2 Å². The van der Waals surface area contributed by atoms with Gasteiger partial charge in [-0.05, 0) is 36.8 Å². The van der Waals surface area contributed by atoms with Crippen LogP contribution in [0.4, 0.5) is 5.69 Å². The maximum absolute atomic E-state index is 11.0. The Kier molecular flexibility index (Phi) is 4.14. The highest BCUT2D eigenvalue weighted by molar-refractivity contribution is 9.10. The van der Waals surface area contributed by atoms with Gasteiger partial charge in [-0.1, -0.05) is 22.0 Å². The Morgan fingerprint density at radius 2 is 1.95 bits per heavy atom. The molecule has 6 heteroatoms. The second-order valence-corrected chi connectivity index (χ2v) is 5.03. The largest absolute Gasteiger partial charge is 0.450 e. The number of nitrogens with zero attached hydrogens (tertiary/aromatic N) is 1. The first-order valence-electron chi connectivity index (χ1n) is 5.69. The van der Waals surface area contributed by atoms with Gasteiger partial charge >= 0.3 is 5.69 Å². The lowest BCUT2D eigenvalue weighted by molar-refractivity contribution is -0.385. The predicted octanol–water partition coefficient (Wildman–Crippen LogP) is 4.27. The molecular formula is C14H10BrNO4. The molecule has 2 aromatic carbocycles. The van der Waals surface area contributed by atoms with Gasteiger partial charge in [0.1, 0.15) is 12.0 Å². The van der Waals surface area contributed by atoms with Crippen molar-refractivity contribution in [2.24, 2.45) is 0 Å². The van der Waals surface area contributed by atoms with Crippen LogP contribution in [0.3, 0.4) is 0 Å². The van der Waals surface area contributed by atoms with E-state index in [9.17, 15) is 14.9 Å². The number of carbonyl (C=O) groups excluding carboxylic acids is 1. The molecular weight excluding hydrogens is 326 g/mol. The minimum atomic E-state index is -0.574. The average Bonchev–Trinajstić information content (AvgIpc) is 2.43. The Balaban J connectivity index is 2.45. The Morgan fingerprint density at radius 1 is 1.20 bits per heavy atom. The summed E-state index contributed by atoms with van der Waals surface area (Å²) in [7, 11) is 0. The van der Waals surface area contributed by atoms with Crippen LogP contribution in [-0.2, 0) is 0 Å². The summed E-state index contributed by atoms with van der Waals surface area (Å²) in [5.41, 5.74) is 0.839. The quantitative estimate of drug-likeness (QED) is 0.475. The van der Waals surface area contributed by atoms with Crippen molar-refractivity contribution in [1.82, 2.24) is 0 Å². The third kappa shape index (κ3) is 3.03. The summed E-state index contributed by atoms with van der Waals surface area (Å²) in [6.45, 7) is 1.84. The highest BCUT2D eigenvalue weighted by Crippen LogP contribution is 2.34. The van der Waals surface area contributed by atoms with Crippen LogP contribution in [0.25, 0.3) is 0 Å². The monoisotopic (exact) mass is 335 g/mol. The second-order valence-electron chi connectivity index (χ2n) is 4.11. The third-order valence-electron chi connectivity index (χ3n) is 2.69. The summed E-state index contributed by atoms with van der Waals surface area (Å²) in [6, 6.07) is 9.50. The molecule has 0 fully saturated rings. The van der Waals surface area contributed by atoms with Crippen molar-refractivity contribution in [2.75, 3.05) is 0 Å². The maximum Gasteiger partial charge on any atom is 0.312 e. The highest BCUT2D eigenvalue weighted by atomic mass is 79.9. The van der Waals surface area contributed by atoms with Gasteiger partial charge < -0.3 is 4.74 Å². The second kappa shape index (κ2) is 5.83. The highest BCUT2D eigenvalue weighted by Gasteiger charge is 2.17. The molecule has 2 rings (SSSR count). The summed E-state index contributed by atoms with van der Waals surface area (Å²) in [5, 5.41) is 11.0. The predicted molar refractivity (Wildman–Crippen MR) is 77.4 cm³/mol. The van der Waals surface area contributed by atoms with Gasteiger partial charge in [0.25, 0.3) is 0 Å². The van der Waals surface area contributed by atoms with Crippen LogP contribution in [0.1, 0.15) is 15.9 Å². The maximum atomic E-state index is 11.0. The van der Waals surface area contributed by atoms with Crippen molar-refractivity contribution in [3.05, 3.63) is 62.1 Å². The van der Waals surface area contributed by atoms with E-state index in [0.717, 1.165) is 10.0 Å². The van der Waals surface area contributed by atoms with E-state index in [2.05, 4.69) is 15.9 Å². The number of aldehydes is 1. The normalized spacial score (nSPS) is 10.1. The van der Waals surface area contributed by atoms with Gasteiger partial charge in [0.15, 0.2) is 0 Å². The Hall–Kier alpha value is -2.21. The molecule has 0 spiro atoms. The number of rotatable bonds is 4. The molecule has 0 heterocycles. The molecule has 0 aliphatic rings. The topological polar surface area (TPSA) is 69.4 Å².